The van der Waals surface area contributed by atoms with Crippen LogP contribution in [0.1, 0.15) is 16.2 Å². The molecule has 2 heterocycles. The van der Waals surface area contributed by atoms with Crippen LogP contribution in [0.2, 0.25) is 0 Å². The molecule has 0 saturated heterocycles. The summed E-state index contributed by atoms with van der Waals surface area (Å²) >= 11 is 0. The van der Waals surface area contributed by atoms with Gasteiger partial charge in [-0.25, -0.2) is 9.78 Å². The number of aromatic carboxylic acids is 1. The fourth-order valence-corrected chi connectivity index (χ4v) is 1.21. The molecule has 0 saturated carbocycles. The number of rotatable bonds is 2. The third kappa shape index (κ3) is 2.46. The van der Waals surface area contributed by atoms with Crippen LogP contribution in [-0.2, 0) is 0 Å². The monoisotopic (exact) mass is 228 g/mol. The van der Waals surface area contributed by atoms with Crippen molar-refractivity contribution >= 4 is 35.5 Å². The van der Waals surface area contributed by atoms with E-state index in [0.29, 0.717) is 11.4 Å². The van der Waals surface area contributed by atoms with Crippen molar-refractivity contribution in [3.05, 3.63) is 35.9 Å². The minimum atomic E-state index is -1.09. The fourth-order valence-electron chi connectivity index (χ4n) is 1.21. The summed E-state index contributed by atoms with van der Waals surface area (Å²) in [6, 6.07) is 3.34. The van der Waals surface area contributed by atoms with Gasteiger partial charge in [0.05, 0.1) is 12.4 Å². The Morgan fingerprint density at radius 3 is 2.50 bits per heavy atom. The molecular formula is C9H9N4NaO2. The van der Waals surface area contributed by atoms with E-state index in [1.54, 1.807) is 19.1 Å². The van der Waals surface area contributed by atoms with Crippen LogP contribution in [0.15, 0.2) is 24.5 Å². The van der Waals surface area contributed by atoms with E-state index in [1.165, 1.54) is 17.2 Å². The van der Waals surface area contributed by atoms with Gasteiger partial charge in [0.2, 0.25) is 0 Å². The van der Waals surface area contributed by atoms with Crippen LogP contribution in [0.3, 0.4) is 0 Å². The molecule has 16 heavy (non-hydrogen) atoms. The zero-order chi connectivity index (χ0) is 10.8. The van der Waals surface area contributed by atoms with Crippen molar-refractivity contribution in [3.63, 3.8) is 0 Å². The number of pyridine rings is 1. The molecule has 0 amide bonds. The maximum atomic E-state index is 10.9. The second kappa shape index (κ2) is 5.20. The van der Waals surface area contributed by atoms with Gasteiger partial charge in [-0.05, 0) is 19.1 Å². The molecule has 0 aromatic carbocycles. The Kier molecular flexibility index (Phi) is 4.17. The number of nitrogens with zero attached hydrogens (tertiary/aromatic N) is 4. The van der Waals surface area contributed by atoms with Crippen LogP contribution in [0.5, 0.6) is 0 Å². The predicted octanol–water partition coefficient (Wildman–Crippen LogP) is 0.0204. The molecule has 0 aliphatic carbocycles. The van der Waals surface area contributed by atoms with Crippen LogP contribution in [0, 0.1) is 6.92 Å². The van der Waals surface area contributed by atoms with E-state index < -0.39 is 5.97 Å². The van der Waals surface area contributed by atoms with Gasteiger partial charge in [0.15, 0.2) is 5.69 Å². The standard InChI is InChI=1S/C9H8N4O2.Na.H/c1-6-2-3-7(8(12-6)9(14)15)13-10-4-5-11-13;;/h2-5H,1H3,(H,14,15);;. The molecule has 7 heteroatoms. The van der Waals surface area contributed by atoms with Gasteiger partial charge in [-0.1, -0.05) is 0 Å². The van der Waals surface area contributed by atoms with Gasteiger partial charge in [-0.15, -0.1) is 4.80 Å². The maximum absolute atomic E-state index is 10.9. The third-order valence-corrected chi connectivity index (χ3v) is 1.85. The number of aryl methyl sites for hydroxylation is 1. The summed E-state index contributed by atoms with van der Waals surface area (Å²) in [5, 5.41) is 16.7. The molecular weight excluding hydrogens is 219 g/mol. The van der Waals surface area contributed by atoms with Gasteiger partial charge in [-0.2, -0.15) is 10.2 Å². The van der Waals surface area contributed by atoms with Crippen LogP contribution < -0.4 is 0 Å². The quantitative estimate of drug-likeness (QED) is 0.733. The third-order valence-electron chi connectivity index (χ3n) is 1.85. The van der Waals surface area contributed by atoms with E-state index in [2.05, 4.69) is 15.2 Å². The van der Waals surface area contributed by atoms with Gasteiger partial charge in [0, 0.05) is 5.69 Å². The van der Waals surface area contributed by atoms with E-state index in [9.17, 15) is 4.79 Å². The zero-order valence-electron chi connectivity index (χ0n) is 7.95. The SMILES string of the molecule is Cc1ccc(-n2nccn2)c(C(=O)O)n1.[NaH]. The number of carboxylic acid groups (broad SMARTS) is 1. The molecule has 0 radical (unpaired) electrons. The average molecular weight is 228 g/mol. The number of carboxylic acids is 1. The molecule has 2 aromatic rings. The Bertz CT molecular complexity index is 498. The van der Waals surface area contributed by atoms with Gasteiger partial charge < -0.3 is 5.11 Å². The van der Waals surface area contributed by atoms with Crippen LogP contribution >= 0.6 is 0 Å². The van der Waals surface area contributed by atoms with Crippen LogP contribution in [0.25, 0.3) is 5.69 Å². The second-order valence-corrected chi connectivity index (χ2v) is 2.94. The molecule has 0 bridgehead atoms. The molecule has 0 aliphatic heterocycles. The van der Waals surface area contributed by atoms with Crippen molar-refractivity contribution < 1.29 is 9.90 Å². The molecule has 1 N–H and O–H groups in total. The van der Waals surface area contributed by atoms with Crippen molar-refractivity contribution in [3.8, 4) is 5.69 Å². The Morgan fingerprint density at radius 2 is 1.94 bits per heavy atom. The van der Waals surface area contributed by atoms with Crippen molar-refractivity contribution in [2.24, 2.45) is 0 Å². The first-order chi connectivity index (χ1) is 7.18. The van der Waals surface area contributed by atoms with Gasteiger partial charge in [0.25, 0.3) is 0 Å². The fraction of sp³-hybridized carbons (Fsp3) is 0.111. The van der Waals surface area contributed by atoms with Crippen LogP contribution in [0.4, 0.5) is 0 Å². The summed E-state index contributed by atoms with van der Waals surface area (Å²) in [5.41, 5.74) is 0.951. The Balaban J connectivity index is 0.00000128. The first kappa shape index (κ1) is 12.8. The molecule has 0 unspecified atom stereocenters. The molecule has 2 aromatic heterocycles. The Morgan fingerprint density at radius 1 is 1.31 bits per heavy atom. The molecule has 0 spiro atoms. The zero-order valence-corrected chi connectivity index (χ0v) is 7.95. The normalized spacial score (nSPS) is 9.56. The summed E-state index contributed by atoms with van der Waals surface area (Å²) in [6.07, 6.45) is 2.96. The number of aromatic nitrogens is 4. The Hall–Kier alpha value is -1.24. The second-order valence-electron chi connectivity index (χ2n) is 2.94. The van der Waals surface area contributed by atoms with Crippen molar-refractivity contribution in [2.45, 2.75) is 6.92 Å². The topological polar surface area (TPSA) is 80.9 Å². The van der Waals surface area contributed by atoms with E-state index >= 15 is 0 Å². The van der Waals surface area contributed by atoms with E-state index in [0.717, 1.165) is 0 Å². The number of hydrogen-bond acceptors (Lipinski definition) is 4. The first-order valence-corrected chi connectivity index (χ1v) is 4.26. The van der Waals surface area contributed by atoms with Crippen LogP contribution in [-0.4, -0.2) is 60.6 Å². The summed E-state index contributed by atoms with van der Waals surface area (Å²) in [4.78, 5) is 16.1. The molecule has 0 aliphatic rings. The molecule has 78 valence electrons. The van der Waals surface area contributed by atoms with Crippen molar-refractivity contribution in [1.29, 1.82) is 0 Å². The predicted molar refractivity (Wildman–Crippen MR) is 58.0 cm³/mol. The van der Waals surface area contributed by atoms with Gasteiger partial charge >= 0.3 is 35.5 Å². The molecule has 2 rings (SSSR count). The van der Waals surface area contributed by atoms with E-state index in [-0.39, 0.29) is 35.3 Å². The Labute approximate surface area is 114 Å². The number of carbonyl (C=O) groups is 1. The van der Waals surface area contributed by atoms with Crippen molar-refractivity contribution in [2.75, 3.05) is 0 Å². The minimum absolute atomic E-state index is 0. The summed E-state index contributed by atoms with van der Waals surface area (Å²) < 4.78 is 0. The summed E-state index contributed by atoms with van der Waals surface area (Å²) in [7, 11) is 0. The molecule has 0 atom stereocenters. The number of hydrogen-bond donors (Lipinski definition) is 1. The van der Waals surface area contributed by atoms with Gasteiger partial charge in [-0.3, -0.25) is 0 Å². The van der Waals surface area contributed by atoms with Crippen molar-refractivity contribution in [1.82, 2.24) is 20.0 Å². The average Bonchev–Trinajstić information content (AvgIpc) is 2.70. The summed E-state index contributed by atoms with van der Waals surface area (Å²) in [5.74, 6) is -1.09. The van der Waals surface area contributed by atoms with E-state index in [1.807, 2.05) is 0 Å². The molecule has 0 fully saturated rings. The van der Waals surface area contributed by atoms with Gasteiger partial charge in [0.1, 0.15) is 5.69 Å². The molecule has 6 nitrogen and oxygen atoms in total. The summed E-state index contributed by atoms with van der Waals surface area (Å²) in [6.45, 7) is 1.73. The van der Waals surface area contributed by atoms with E-state index in [4.69, 9.17) is 5.11 Å². The first-order valence-electron chi connectivity index (χ1n) is 4.26.